The van der Waals surface area contributed by atoms with Crippen molar-refractivity contribution in [3.8, 4) is 0 Å². The molecule has 0 atom stereocenters. The van der Waals surface area contributed by atoms with Crippen LogP contribution in [0.15, 0.2) is 22.9 Å². The van der Waals surface area contributed by atoms with Gasteiger partial charge in [-0.2, -0.15) is 0 Å². The minimum absolute atomic E-state index is 0.388. The van der Waals surface area contributed by atoms with E-state index in [1.807, 2.05) is 6.20 Å². The Morgan fingerprint density at radius 3 is 2.92 bits per heavy atom. The first-order valence-electron chi connectivity index (χ1n) is 4.18. The van der Waals surface area contributed by atoms with E-state index in [0.717, 1.165) is 23.2 Å². The summed E-state index contributed by atoms with van der Waals surface area (Å²) >= 11 is 3.40. The number of pyridine rings is 1. The van der Waals surface area contributed by atoms with Crippen molar-refractivity contribution in [2.45, 2.75) is 6.10 Å². The first kappa shape index (κ1) is 8.97. The number of methoxy groups -OCH3 is 1. The topological polar surface area (TPSA) is 25.4 Å². The highest BCUT2D eigenvalue weighted by molar-refractivity contribution is 9.10. The van der Waals surface area contributed by atoms with E-state index in [9.17, 15) is 0 Å². The molecule has 1 fully saturated rings. The number of rotatable bonds is 2. The summed E-state index contributed by atoms with van der Waals surface area (Å²) in [7, 11) is 1.75. The molecule has 4 heteroatoms. The second-order valence-corrected chi connectivity index (χ2v) is 4.04. The molecule has 2 rings (SSSR count). The molecule has 0 amide bonds. The average Bonchev–Trinajstić information content (AvgIpc) is 2.02. The van der Waals surface area contributed by atoms with Crippen molar-refractivity contribution >= 4 is 21.6 Å². The summed E-state index contributed by atoms with van der Waals surface area (Å²) in [5.41, 5.74) is 1.16. The van der Waals surface area contributed by atoms with Crippen molar-refractivity contribution in [3.05, 3.63) is 22.9 Å². The summed E-state index contributed by atoms with van der Waals surface area (Å²) in [5.74, 6) is 0. The van der Waals surface area contributed by atoms with Gasteiger partial charge in [-0.15, -0.1) is 0 Å². The lowest BCUT2D eigenvalue weighted by molar-refractivity contribution is 0.0787. The first-order chi connectivity index (χ1) is 6.29. The molecule has 13 heavy (non-hydrogen) atoms. The van der Waals surface area contributed by atoms with Crippen molar-refractivity contribution in [1.82, 2.24) is 4.98 Å². The summed E-state index contributed by atoms with van der Waals surface area (Å²) in [4.78, 5) is 6.35. The van der Waals surface area contributed by atoms with Crippen LogP contribution in [0.5, 0.6) is 0 Å². The Morgan fingerprint density at radius 2 is 2.31 bits per heavy atom. The summed E-state index contributed by atoms with van der Waals surface area (Å²) in [5, 5.41) is 0. The Morgan fingerprint density at radius 1 is 1.54 bits per heavy atom. The van der Waals surface area contributed by atoms with Gasteiger partial charge in [-0.05, 0) is 22.0 Å². The predicted octanol–water partition coefficient (Wildman–Crippen LogP) is 1.68. The van der Waals surface area contributed by atoms with Gasteiger partial charge >= 0.3 is 0 Å². The van der Waals surface area contributed by atoms with Crippen LogP contribution in [0.4, 0.5) is 5.69 Å². The minimum atomic E-state index is 0.388. The van der Waals surface area contributed by atoms with Crippen molar-refractivity contribution < 1.29 is 4.74 Å². The number of aromatic nitrogens is 1. The molecule has 0 unspecified atom stereocenters. The van der Waals surface area contributed by atoms with Gasteiger partial charge in [0.2, 0.25) is 0 Å². The van der Waals surface area contributed by atoms with Crippen LogP contribution in [-0.2, 0) is 4.74 Å². The molecule has 0 aliphatic carbocycles. The zero-order valence-electron chi connectivity index (χ0n) is 7.40. The summed E-state index contributed by atoms with van der Waals surface area (Å²) in [6.07, 6.45) is 4.05. The third-order valence-corrected chi connectivity index (χ3v) is 2.67. The lowest BCUT2D eigenvalue weighted by atomic mass is 10.1. The van der Waals surface area contributed by atoms with Crippen LogP contribution < -0.4 is 4.90 Å². The predicted molar refractivity (Wildman–Crippen MR) is 54.9 cm³/mol. The molecule has 3 nitrogen and oxygen atoms in total. The van der Waals surface area contributed by atoms with Crippen LogP contribution in [0.2, 0.25) is 0 Å². The zero-order chi connectivity index (χ0) is 9.26. The third kappa shape index (κ3) is 1.84. The molecule has 1 aromatic rings. The van der Waals surface area contributed by atoms with Crippen molar-refractivity contribution in [2.75, 3.05) is 25.1 Å². The second kappa shape index (κ2) is 3.64. The fraction of sp³-hybridized carbons (Fsp3) is 0.444. The van der Waals surface area contributed by atoms with Gasteiger partial charge in [-0.3, -0.25) is 4.98 Å². The fourth-order valence-corrected chi connectivity index (χ4v) is 1.72. The maximum Gasteiger partial charge on any atom is 0.0920 e. The highest BCUT2D eigenvalue weighted by Gasteiger charge is 2.26. The number of anilines is 1. The number of hydrogen-bond donors (Lipinski definition) is 0. The quantitative estimate of drug-likeness (QED) is 0.790. The minimum Gasteiger partial charge on any atom is -0.378 e. The summed E-state index contributed by atoms with van der Waals surface area (Å²) in [6, 6.07) is 2.07. The van der Waals surface area contributed by atoms with Crippen molar-refractivity contribution in [2.24, 2.45) is 0 Å². The van der Waals surface area contributed by atoms with E-state index >= 15 is 0 Å². The molecule has 0 spiro atoms. The van der Waals surface area contributed by atoms with Crippen molar-refractivity contribution in [1.29, 1.82) is 0 Å². The Bertz CT molecular complexity index is 299. The molecule has 1 saturated heterocycles. The molecule has 1 aliphatic heterocycles. The monoisotopic (exact) mass is 242 g/mol. The van der Waals surface area contributed by atoms with Gasteiger partial charge in [0, 0.05) is 30.9 Å². The molecule has 1 aliphatic rings. The van der Waals surface area contributed by atoms with Crippen molar-refractivity contribution in [3.63, 3.8) is 0 Å². The van der Waals surface area contributed by atoms with Crippen LogP contribution in [0.25, 0.3) is 0 Å². The third-order valence-electron chi connectivity index (χ3n) is 2.24. The van der Waals surface area contributed by atoms with Gasteiger partial charge in [0.05, 0.1) is 18.0 Å². The Balaban J connectivity index is 2.03. The lowest BCUT2D eigenvalue weighted by Crippen LogP contribution is -2.51. The molecular weight excluding hydrogens is 232 g/mol. The number of hydrogen-bond acceptors (Lipinski definition) is 3. The van der Waals surface area contributed by atoms with Gasteiger partial charge in [-0.25, -0.2) is 0 Å². The molecule has 0 bridgehead atoms. The maximum atomic E-state index is 5.19. The second-order valence-electron chi connectivity index (χ2n) is 3.12. The van der Waals surface area contributed by atoms with Crippen LogP contribution >= 0.6 is 15.9 Å². The van der Waals surface area contributed by atoms with Gasteiger partial charge in [0.15, 0.2) is 0 Å². The normalized spacial score (nSPS) is 17.2. The molecule has 0 N–H and O–H groups in total. The molecule has 2 heterocycles. The van der Waals surface area contributed by atoms with Gasteiger partial charge < -0.3 is 9.64 Å². The molecule has 0 saturated carbocycles. The molecule has 70 valence electrons. The van der Waals surface area contributed by atoms with Gasteiger partial charge in [0.25, 0.3) is 0 Å². The fourth-order valence-electron chi connectivity index (χ4n) is 1.37. The number of nitrogens with zero attached hydrogens (tertiary/aromatic N) is 2. The number of ether oxygens (including phenoxy) is 1. The molecule has 1 aromatic heterocycles. The summed E-state index contributed by atoms with van der Waals surface area (Å²) < 4.78 is 6.21. The van der Waals surface area contributed by atoms with Crippen LogP contribution in [0.3, 0.4) is 0 Å². The van der Waals surface area contributed by atoms with E-state index in [1.165, 1.54) is 0 Å². The molecule has 0 radical (unpaired) electrons. The molecular formula is C9H11BrN2O. The first-order valence-corrected chi connectivity index (χ1v) is 4.97. The van der Waals surface area contributed by atoms with Crippen LogP contribution in [0.1, 0.15) is 0 Å². The van der Waals surface area contributed by atoms with E-state index < -0.39 is 0 Å². The summed E-state index contributed by atoms with van der Waals surface area (Å²) in [6.45, 7) is 1.93. The maximum absolute atomic E-state index is 5.19. The largest absolute Gasteiger partial charge is 0.378 e. The smallest absolute Gasteiger partial charge is 0.0920 e. The van der Waals surface area contributed by atoms with Crippen LogP contribution in [-0.4, -0.2) is 31.3 Å². The Hall–Kier alpha value is -0.610. The molecule has 0 aromatic carbocycles. The number of halogens is 1. The van der Waals surface area contributed by atoms with Gasteiger partial charge in [-0.1, -0.05) is 0 Å². The van der Waals surface area contributed by atoms with Crippen LogP contribution in [0, 0.1) is 0 Å². The highest BCUT2D eigenvalue weighted by Crippen LogP contribution is 2.23. The average molecular weight is 243 g/mol. The SMILES string of the molecule is COC1CN(c2cncc(Br)c2)C1. The zero-order valence-corrected chi connectivity index (χ0v) is 8.99. The van der Waals surface area contributed by atoms with E-state index in [1.54, 1.807) is 13.3 Å². The highest BCUT2D eigenvalue weighted by atomic mass is 79.9. The Kier molecular flexibility index (Phi) is 2.51. The van der Waals surface area contributed by atoms with E-state index in [4.69, 9.17) is 4.74 Å². The standard InChI is InChI=1S/C9H11BrN2O/c1-13-9-5-12(6-9)8-2-7(10)3-11-4-8/h2-4,9H,5-6H2,1H3. The van der Waals surface area contributed by atoms with E-state index in [0.29, 0.717) is 6.10 Å². The van der Waals surface area contributed by atoms with E-state index in [2.05, 4.69) is 31.9 Å². The van der Waals surface area contributed by atoms with Gasteiger partial charge in [0.1, 0.15) is 0 Å². The Labute approximate surface area is 85.8 Å². The van der Waals surface area contributed by atoms with E-state index in [-0.39, 0.29) is 0 Å². The lowest BCUT2D eigenvalue weighted by Gasteiger charge is -2.39.